The molecule has 1 heterocycles. The lowest BCUT2D eigenvalue weighted by molar-refractivity contribution is -0.136. The topological polar surface area (TPSA) is 58.6 Å². The van der Waals surface area contributed by atoms with Crippen molar-refractivity contribution < 1.29 is 14.3 Å². The summed E-state index contributed by atoms with van der Waals surface area (Å²) in [6, 6.07) is 0. The van der Waals surface area contributed by atoms with Crippen molar-refractivity contribution >= 4 is 11.8 Å². The standard InChI is InChI=1S/C15H26N2O3/c1-20-11-14(18)17-8-6-12(7-9-17)10-16-15(19)13-4-2-3-5-13/h12-13H,2-11H2,1H3,(H,16,19). The van der Waals surface area contributed by atoms with Crippen LogP contribution in [0.1, 0.15) is 38.5 Å². The quantitative estimate of drug-likeness (QED) is 0.823. The number of carbonyl (C=O) groups is 2. The van der Waals surface area contributed by atoms with Crippen LogP contribution in [-0.2, 0) is 14.3 Å². The SMILES string of the molecule is COCC(=O)N1CCC(CNC(=O)C2CCCC2)CC1. The van der Waals surface area contributed by atoms with E-state index < -0.39 is 0 Å². The van der Waals surface area contributed by atoms with E-state index in [1.807, 2.05) is 4.90 Å². The van der Waals surface area contributed by atoms with E-state index in [0.717, 1.165) is 45.3 Å². The molecule has 1 saturated carbocycles. The summed E-state index contributed by atoms with van der Waals surface area (Å²) in [6.45, 7) is 2.50. The molecule has 20 heavy (non-hydrogen) atoms. The molecule has 0 spiro atoms. The normalized spacial score (nSPS) is 21.1. The van der Waals surface area contributed by atoms with Gasteiger partial charge in [0.2, 0.25) is 11.8 Å². The fourth-order valence-electron chi connectivity index (χ4n) is 3.18. The molecule has 2 rings (SSSR count). The number of hydrogen-bond donors (Lipinski definition) is 1. The van der Waals surface area contributed by atoms with Gasteiger partial charge in [-0.05, 0) is 31.6 Å². The van der Waals surface area contributed by atoms with Gasteiger partial charge in [-0.1, -0.05) is 12.8 Å². The van der Waals surface area contributed by atoms with Crippen molar-refractivity contribution in [2.45, 2.75) is 38.5 Å². The summed E-state index contributed by atoms with van der Waals surface area (Å²) in [7, 11) is 1.54. The highest BCUT2D eigenvalue weighted by Gasteiger charge is 2.25. The van der Waals surface area contributed by atoms with Crippen LogP contribution < -0.4 is 5.32 Å². The predicted molar refractivity (Wildman–Crippen MR) is 76.1 cm³/mol. The van der Waals surface area contributed by atoms with Gasteiger partial charge in [0.15, 0.2) is 0 Å². The van der Waals surface area contributed by atoms with E-state index in [1.54, 1.807) is 7.11 Å². The summed E-state index contributed by atoms with van der Waals surface area (Å²) < 4.78 is 4.87. The Bertz CT molecular complexity index is 332. The summed E-state index contributed by atoms with van der Waals surface area (Å²) in [6.07, 6.45) is 6.43. The zero-order valence-electron chi connectivity index (χ0n) is 12.4. The lowest BCUT2D eigenvalue weighted by atomic mass is 9.96. The Kier molecular flexibility index (Phi) is 5.83. The van der Waals surface area contributed by atoms with Crippen molar-refractivity contribution in [2.75, 3.05) is 33.4 Å². The van der Waals surface area contributed by atoms with Crippen molar-refractivity contribution in [1.29, 1.82) is 0 Å². The van der Waals surface area contributed by atoms with E-state index in [1.165, 1.54) is 12.8 Å². The third-order valence-electron chi connectivity index (χ3n) is 4.53. The van der Waals surface area contributed by atoms with E-state index >= 15 is 0 Å². The molecule has 0 aromatic rings. The van der Waals surface area contributed by atoms with E-state index in [9.17, 15) is 9.59 Å². The molecule has 1 N–H and O–H groups in total. The number of rotatable bonds is 5. The summed E-state index contributed by atoms with van der Waals surface area (Å²) in [5.41, 5.74) is 0. The molecule has 2 amide bonds. The van der Waals surface area contributed by atoms with Crippen molar-refractivity contribution in [3.63, 3.8) is 0 Å². The summed E-state index contributed by atoms with van der Waals surface area (Å²) >= 11 is 0. The number of methoxy groups -OCH3 is 1. The van der Waals surface area contributed by atoms with Crippen LogP contribution in [0.2, 0.25) is 0 Å². The molecule has 0 bridgehead atoms. The fraction of sp³-hybridized carbons (Fsp3) is 0.867. The molecule has 0 unspecified atom stereocenters. The second-order valence-corrected chi connectivity index (χ2v) is 5.98. The minimum absolute atomic E-state index is 0.0703. The minimum Gasteiger partial charge on any atom is -0.375 e. The van der Waals surface area contributed by atoms with Crippen LogP contribution >= 0.6 is 0 Å². The third-order valence-corrected chi connectivity index (χ3v) is 4.53. The van der Waals surface area contributed by atoms with Gasteiger partial charge in [-0.25, -0.2) is 0 Å². The molecule has 0 atom stereocenters. The average Bonchev–Trinajstić information content (AvgIpc) is 3.00. The maximum atomic E-state index is 12.0. The second-order valence-electron chi connectivity index (χ2n) is 5.98. The van der Waals surface area contributed by atoms with Gasteiger partial charge in [0.1, 0.15) is 6.61 Å². The van der Waals surface area contributed by atoms with E-state index in [2.05, 4.69) is 5.32 Å². The zero-order valence-corrected chi connectivity index (χ0v) is 12.4. The first kappa shape index (κ1) is 15.3. The number of likely N-dealkylation sites (tertiary alicyclic amines) is 1. The molecule has 114 valence electrons. The van der Waals surface area contributed by atoms with Gasteiger partial charge in [0, 0.05) is 32.7 Å². The largest absolute Gasteiger partial charge is 0.375 e. The van der Waals surface area contributed by atoms with Gasteiger partial charge < -0.3 is 15.0 Å². The molecule has 2 aliphatic rings. The minimum atomic E-state index is 0.0703. The molecule has 1 saturated heterocycles. The van der Waals surface area contributed by atoms with Crippen LogP contribution in [0.5, 0.6) is 0 Å². The first-order valence-corrected chi connectivity index (χ1v) is 7.75. The van der Waals surface area contributed by atoms with E-state index in [4.69, 9.17) is 4.74 Å². The Morgan fingerprint density at radius 3 is 2.40 bits per heavy atom. The number of hydrogen-bond acceptors (Lipinski definition) is 3. The first-order valence-electron chi connectivity index (χ1n) is 7.75. The molecular formula is C15H26N2O3. The predicted octanol–water partition coefficient (Wildman–Crippen LogP) is 1.18. The molecule has 5 heteroatoms. The van der Waals surface area contributed by atoms with Crippen LogP contribution in [0, 0.1) is 11.8 Å². The molecular weight excluding hydrogens is 256 g/mol. The molecule has 1 aliphatic carbocycles. The Morgan fingerprint density at radius 2 is 1.80 bits per heavy atom. The number of amides is 2. The molecule has 0 aromatic heterocycles. The van der Waals surface area contributed by atoms with Gasteiger partial charge in [0.25, 0.3) is 0 Å². The van der Waals surface area contributed by atoms with Gasteiger partial charge in [0.05, 0.1) is 0 Å². The smallest absolute Gasteiger partial charge is 0.248 e. The number of nitrogens with one attached hydrogen (secondary N) is 1. The Labute approximate surface area is 121 Å². The Hall–Kier alpha value is -1.10. The Balaban J connectivity index is 1.64. The first-order chi connectivity index (χ1) is 9.70. The van der Waals surface area contributed by atoms with Gasteiger partial charge >= 0.3 is 0 Å². The lowest BCUT2D eigenvalue weighted by Gasteiger charge is -2.32. The van der Waals surface area contributed by atoms with Gasteiger partial charge in [-0.2, -0.15) is 0 Å². The van der Waals surface area contributed by atoms with Crippen molar-refractivity contribution in [3.8, 4) is 0 Å². The average molecular weight is 282 g/mol. The maximum absolute atomic E-state index is 12.0. The van der Waals surface area contributed by atoms with Gasteiger partial charge in [-0.15, -0.1) is 0 Å². The maximum Gasteiger partial charge on any atom is 0.248 e. The van der Waals surface area contributed by atoms with Crippen LogP contribution in [0.3, 0.4) is 0 Å². The summed E-state index contributed by atoms with van der Waals surface area (Å²) in [4.78, 5) is 25.5. The van der Waals surface area contributed by atoms with Crippen molar-refractivity contribution in [1.82, 2.24) is 10.2 Å². The summed E-state index contributed by atoms with van der Waals surface area (Å²) in [5, 5.41) is 3.10. The summed E-state index contributed by atoms with van der Waals surface area (Å²) in [5.74, 6) is 1.06. The zero-order chi connectivity index (χ0) is 14.4. The van der Waals surface area contributed by atoms with E-state index in [-0.39, 0.29) is 24.3 Å². The van der Waals surface area contributed by atoms with Crippen molar-refractivity contribution in [2.24, 2.45) is 11.8 Å². The van der Waals surface area contributed by atoms with Crippen LogP contribution in [0.4, 0.5) is 0 Å². The number of nitrogens with zero attached hydrogens (tertiary/aromatic N) is 1. The molecule has 2 fully saturated rings. The number of ether oxygens (including phenoxy) is 1. The monoisotopic (exact) mass is 282 g/mol. The third kappa shape index (κ3) is 4.20. The molecule has 0 radical (unpaired) electrons. The molecule has 0 aromatic carbocycles. The van der Waals surface area contributed by atoms with Crippen LogP contribution in [0.25, 0.3) is 0 Å². The highest BCUT2D eigenvalue weighted by molar-refractivity contribution is 5.79. The molecule has 1 aliphatic heterocycles. The van der Waals surface area contributed by atoms with Crippen molar-refractivity contribution in [3.05, 3.63) is 0 Å². The van der Waals surface area contributed by atoms with Crippen LogP contribution in [0.15, 0.2) is 0 Å². The lowest BCUT2D eigenvalue weighted by Crippen LogP contribution is -2.43. The van der Waals surface area contributed by atoms with Crippen LogP contribution in [-0.4, -0.2) is 50.1 Å². The second kappa shape index (κ2) is 7.62. The fourth-order valence-corrected chi connectivity index (χ4v) is 3.18. The number of carbonyl (C=O) groups excluding carboxylic acids is 2. The highest BCUT2D eigenvalue weighted by atomic mass is 16.5. The highest BCUT2D eigenvalue weighted by Crippen LogP contribution is 2.25. The Morgan fingerprint density at radius 1 is 1.15 bits per heavy atom. The van der Waals surface area contributed by atoms with Gasteiger partial charge in [-0.3, -0.25) is 9.59 Å². The number of piperidine rings is 1. The molecule has 5 nitrogen and oxygen atoms in total. The van der Waals surface area contributed by atoms with E-state index in [0.29, 0.717) is 5.92 Å².